The highest BCUT2D eigenvalue weighted by Crippen LogP contribution is 2.33. The number of ether oxygens (including phenoxy) is 1. The fourth-order valence-electron chi connectivity index (χ4n) is 2.32. The zero-order valence-electron chi connectivity index (χ0n) is 12.5. The summed E-state index contributed by atoms with van der Waals surface area (Å²) >= 11 is 0. The van der Waals surface area contributed by atoms with E-state index in [0.29, 0.717) is 6.61 Å². The molecule has 4 heteroatoms. The number of nitrogens with zero attached hydrogens (tertiary/aromatic N) is 2. The van der Waals surface area contributed by atoms with Gasteiger partial charge >= 0.3 is 0 Å². The van der Waals surface area contributed by atoms with Crippen molar-refractivity contribution in [2.24, 2.45) is 0 Å². The van der Waals surface area contributed by atoms with E-state index in [0.717, 1.165) is 48.0 Å². The van der Waals surface area contributed by atoms with E-state index in [-0.39, 0.29) is 0 Å². The topological polar surface area (TPSA) is 53.1 Å². The van der Waals surface area contributed by atoms with Crippen LogP contribution >= 0.6 is 0 Å². The minimum atomic E-state index is 0.631. The highest BCUT2D eigenvalue weighted by molar-refractivity contribution is 5.76. The number of para-hydroxylation sites is 1. The van der Waals surface area contributed by atoms with Gasteiger partial charge in [0, 0.05) is 12.1 Å². The van der Waals surface area contributed by atoms with Crippen LogP contribution in [0.3, 0.4) is 0 Å². The third-order valence-corrected chi connectivity index (χ3v) is 3.37. The summed E-state index contributed by atoms with van der Waals surface area (Å²) in [6, 6.07) is 7.91. The van der Waals surface area contributed by atoms with Gasteiger partial charge in [0.25, 0.3) is 0 Å². The van der Waals surface area contributed by atoms with Crippen molar-refractivity contribution in [3.05, 3.63) is 30.1 Å². The van der Waals surface area contributed by atoms with Crippen molar-refractivity contribution in [2.45, 2.75) is 40.2 Å². The van der Waals surface area contributed by atoms with Crippen LogP contribution in [0, 0.1) is 6.92 Å². The van der Waals surface area contributed by atoms with Gasteiger partial charge in [0.2, 0.25) is 0 Å². The molecule has 0 spiro atoms. The van der Waals surface area contributed by atoms with Crippen molar-refractivity contribution in [1.29, 1.82) is 0 Å². The molecule has 2 rings (SSSR count). The lowest BCUT2D eigenvalue weighted by Gasteiger charge is -2.09. The van der Waals surface area contributed by atoms with E-state index in [9.17, 15) is 0 Å². The maximum absolute atomic E-state index is 6.29. The number of unbranched alkanes of at least 4 members (excludes halogenated alkanes) is 1. The van der Waals surface area contributed by atoms with Crippen LogP contribution in [0.25, 0.3) is 11.3 Å². The van der Waals surface area contributed by atoms with Crippen molar-refractivity contribution in [1.82, 2.24) is 9.55 Å². The third-order valence-electron chi connectivity index (χ3n) is 3.37. The summed E-state index contributed by atoms with van der Waals surface area (Å²) in [7, 11) is 0. The van der Waals surface area contributed by atoms with Gasteiger partial charge in [-0.2, -0.15) is 0 Å². The Bertz CT molecular complexity index is 575. The molecule has 0 radical (unpaired) electrons. The first-order chi connectivity index (χ1) is 9.69. The van der Waals surface area contributed by atoms with E-state index in [1.807, 2.05) is 38.1 Å². The second-order valence-corrected chi connectivity index (χ2v) is 4.83. The smallest absolute Gasteiger partial charge is 0.131 e. The number of nitrogen functional groups attached to an aromatic ring is 1. The third kappa shape index (κ3) is 2.79. The maximum Gasteiger partial charge on any atom is 0.131 e. The second kappa shape index (κ2) is 6.46. The molecule has 20 heavy (non-hydrogen) atoms. The van der Waals surface area contributed by atoms with Crippen LogP contribution in [0.5, 0.6) is 5.75 Å². The lowest BCUT2D eigenvalue weighted by atomic mass is 10.1. The average molecular weight is 273 g/mol. The van der Waals surface area contributed by atoms with E-state index in [2.05, 4.69) is 16.5 Å². The van der Waals surface area contributed by atoms with Gasteiger partial charge in [-0.3, -0.25) is 0 Å². The maximum atomic E-state index is 6.29. The van der Waals surface area contributed by atoms with E-state index >= 15 is 0 Å². The molecule has 0 saturated carbocycles. The van der Waals surface area contributed by atoms with Crippen molar-refractivity contribution >= 4 is 5.82 Å². The Morgan fingerprint density at radius 3 is 2.70 bits per heavy atom. The standard InChI is InChI=1S/C16H23N3O/c1-4-6-11-19-12(3)18-15(16(19)17)13-9-7-8-10-14(13)20-5-2/h7-10H,4-6,11,17H2,1-3H3. The molecule has 2 N–H and O–H groups in total. The van der Waals surface area contributed by atoms with Crippen LogP contribution in [0.15, 0.2) is 24.3 Å². The average Bonchev–Trinajstić information content (AvgIpc) is 2.73. The highest BCUT2D eigenvalue weighted by atomic mass is 16.5. The highest BCUT2D eigenvalue weighted by Gasteiger charge is 2.16. The molecular formula is C16H23N3O. The molecule has 1 aromatic heterocycles. The number of benzene rings is 1. The SMILES string of the molecule is CCCCn1c(C)nc(-c2ccccc2OCC)c1N. The Labute approximate surface area is 120 Å². The Kier molecular flexibility index (Phi) is 4.66. The van der Waals surface area contributed by atoms with Crippen LogP contribution in [0.2, 0.25) is 0 Å². The number of aryl methyl sites for hydroxylation is 1. The van der Waals surface area contributed by atoms with Gasteiger partial charge < -0.3 is 15.0 Å². The van der Waals surface area contributed by atoms with Crippen LogP contribution in [0.4, 0.5) is 5.82 Å². The zero-order valence-corrected chi connectivity index (χ0v) is 12.5. The first-order valence-corrected chi connectivity index (χ1v) is 7.23. The molecule has 0 unspecified atom stereocenters. The number of imidazole rings is 1. The summed E-state index contributed by atoms with van der Waals surface area (Å²) in [6.07, 6.45) is 2.25. The number of hydrogen-bond donors (Lipinski definition) is 1. The predicted octanol–water partition coefficient (Wildman–Crippen LogP) is 3.64. The van der Waals surface area contributed by atoms with E-state index in [1.54, 1.807) is 0 Å². The fourth-order valence-corrected chi connectivity index (χ4v) is 2.32. The molecule has 1 heterocycles. The van der Waals surface area contributed by atoms with Gasteiger partial charge in [-0.15, -0.1) is 0 Å². The lowest BCUT2D eigenvalue weighted by Crippen LogP contribution is -2.05. The number of rotatable bonds is 6. The molecular weight excluding hydrogens is 250 g/mol. The monoisotopic (exact) mass is 273 g/mol. The first kappa shape index (κ1) is 14.4. The van der Waals surface area contributed by atoms with Crippen LogP contribution in [0.1, 0.15) is 32.5 Å². The van der Waals surface area contributed by atoms with Gasteiger partial charge in [0.05, 0.1) is 6.61 Å². The summed E-state index contributed by atoms with van der Waals surface area (Å²) < 4.78 is 7.76. The van der Waals surface area contributed by atoms with Gasteiger partial charge in [0.1, 0.15) is 23.1 Å². The molecule has 2 aromatic rings. The molecule has 108 valence electrons. The van der Waals surface area contributed by atoms with Gasteiger partial charge in [0.15, 0.2) is 0 Å². The minimum absolute atomic E-state index is 0.631. The molecule has 0 saturated heterocycles. The normalized spacial score (nSPS) is 10.8. The molecule has 0 aliphatic carbocycles. The van der Waals surface area contributed by atoms with E-state index < -0.39 is 0 Å². The van der Waals surface area contributed by atoms with E-state index in [4.69, 9.17) is 10.5 Å². The predicted molar refractivity (Wildman–Crippen MR) is 82.9 cm³/mol. The number of hydrogen-bond acceptors (Lipinski definition) is 3. The quantitative estimate of drug-likeness (QED) is 0.874. The van der Waals surface area contributed by atoms with Crippen LogP contribution in [-0.2, 0) is 6.54 Å². The Morgan fingerprint density at radius 1 is 1.25 bits per heavy atom. The van der Waals surface area contributed by atoms with Crippen molar-refractivity contribution in [2.75, 3.05) is 12.3 Å². The Morgan fingerprint density at radius 2 is 2.00 bits per heavy atom. The van der Waals surface area contributed by atoms with Crippen molar-refractivity contribution in [3.8, 4) is 17.0 Å². The Hall–Kier alpha value is -1.97. The number of aromatic nitrogens is 2. The number of anilines is 1. The Balaban J connectivity index is 2.43. The molecule has 4 nitrogen and oxygen atoms in total. The summed E-state index contributed by atoms with van der Waals surface area (Å²) in [5.41, 5.74) is 8.07. The number of nitrogens with two attached hydrogens (primary N) is 1. The molecule has 0 aliphatic heterocycles. The van der Waals surface area contributed by atoms with Crippen LogP contribution in [-0.4, -0.2) is 16.2 Å². The first-order valence-electron chi connectivity index (χ1n) is 7.23. The van der Waals surface area contributed by atoms with Gasteiger partial charge in [-0.25, -0.2) is 4.98 Å². The molecule has 0 bridgehead atoms. The molecule has 0 atom stereocenters. The summed E-state index contributed by atoms with van der Waals surface area (Å²) in [5, 5.41) is 0. The van der Waals surface area contributed by atoms with Crippen molar-refractivity contribution < 1.29 is 4.74 Å². The lowest BCUT2D eigenvalue weighted by molar-refractivity contribution is 0.341. The molecule has 0 fully saturated rings. The summed E-state index contributed by atoms with van der Waals surface area (Å²) in [6.45, 7) is 7.70. The molecule has 1 aromatic carbocycles. The summed E-state index contributed by atoms with van der Waals surface area (Å²) in [5.74, 6) is 2.52. The van der Waals surface area contributed by atoms with Crippen molar-refractivity contribution in [3.63, 3.8) is 0 Å². The van der Waals surface area contributed by atoms with Crippen LogP contribution < -0.4 is 10.5 Å². The van der Waals surface area contributed by atoms with Gasteiger partial charge in [-0.05, 0) is 32.4 Å². The largest absolute Gasteiger partial charge is 0.493 e. The summed E-state index contributed by atoms with van der Waals surface area (Å²) in [4.78, 5) is 4.63. The fraction of sp³-hybridized carbons (Fsp3) is 0.438. The second-order valence-electron chi connectivity index (χ2n) is 4.83. The molecule has 0 amide bonds. The van der Waals surface area contributed by atoms with Gasteiger partial charge in [-0.1, -0.05) is 25.5 Å². The molecule has 0 aliphatic rings. The minimum Gasteiger partial charge on any atom is -0.493 e. The van der Waals surface area contributed by atoms with E-state index in [1.165, 1.54) is 0 Å². The zero-order chi connectivity index (χ0) is 14.5.